The van der Waals surface area contributed by atoms with E-state index in [1.54, 1.807) is 0 Å². The zero-order chi connectivity index (χ0) is 71.1. The molecule has 566 valence electrons. The Labute approximate surface area is 607 Å². The van der Waals surface area contributed by atoms with Gasteiger partial charge in [0.15, 0.2) is 6.10 Å². The largest absolute Gasteiger partial charge is 0.472 e. The van der Waals surface area contributed by atoms with Gasteiger partial charge in [-0.25, -0.2) is 4.57 Å². The van der Waals surface area contributed by atoms with E-state index in [9.17, 15) is 19.0 Å². The Bertz CT molecular complexity index is 2070. The smallest absolute Gasteiger partial charge is 0.462 e. The summed E-state index contributed by atoms with van der Waals surface area (Å²) in [5, 5.41) is 0. The first-order valence-electron chi connectivity index (χ1n) is 41.3. The number of allylic oxidation sites excluding steroid dienone is 20. The van der Waals surface area contributed by atoms with Crippen LogP contribution >= 0.6 is 7.82 Å². The molecule has 0 bridgehead atoms. The van der Waals surface area contributed by atoms with Crippen molar-refractivity contribution in [1.82, 2.24) is 0 Å². The lowest BCUT2D eigenvalue weighted by atomic mass is 10.0. The summed E-state index contributed by atoms with van der Waals surface area (Å²) >= 11 is 0. The van der Waals surface area contributed by atoms with Crippen LogP contribution in [0.25, 0.3) is 0 Å². The molecule has 0 aromatic rings. The van der Waals surface area contributed by atoms with Crippen LogP contribution in [-0.2, 0) is 32.7 Å². The molecule has 0 saturated carbocycles. The Morgan fingerprint density at radius 1 is 0.327 bits per heavy atom. The number of phosphoric ester groups is 1. The highest BCUT2D eigenvalue weighted by molar-refractivity contribution is 7.47. The number of carbonyl (C=O) groups excluding carboxylic acids is 2. The van der Waals surface area contributed by atoms with Crippen LogP contribution in [0, 0.1) is 0 Å². The van der Waals surface area contributed by atoms with E-state index in [2.05, 4.69) is 135 Å². The van der Waals surface area contributed by atoms with E-state index in [1.165, 1.54) is 244 Å². The van der Waals surface area contributed by atoms with Gasteiger partial charge in [-0.2, -0.15) is 0 Å². The number of nitrogens with zero attached hydrogens (tertiary/aromatic N) is 1. The maximum absolute atomic E-state index is 12.9. The van der Waals surface area contributed by atoms with Crippen molar-refractivity contribution in [1.29, 1.82) is 0 Å². The predicted octanol–water partition coefficient (Wildman–Crippen LogP) is 27.7. The molecule has 9 nitrogen and oxygen atoms in total. The van der Waals surface area contributed by atoms with Gasteiger partial charge in [0.05, 0.1) is 27.7 Å². The molecule has 0 aromatic heterocycles. The number of esters is 2. The van der Waals surface area contributed by atoms with E-state index in [0.717, 1.165) is 96.3 Å². The Kier molecular flexibility index (Phi) is 74.7. The summed E-state index contributed by atoms with van der Waals surface area (Å²) in [6, 6.07) is 0. The SMILES string of the molecule is CC/C=C\C/C=C\C/C=C\C/C=C\C/C=C\C/C=C\C/C=C\C/C=C\CCCCCCCCCCCCCCCCC(=O)OC(COC(=O)CCCCCCCCCCCCCCCCCCCCCCCCC/C=C\C/C=C\CCCCCCC)COP(=O)(O)OCC[N+](C)(C)C. The normalized spacial score (nSPS) is 13.7. The van der Waals surface area contributed by atoms with Crippen LogP contribution in [0.4, 0.5) is 0 Å². The number of carbonyl (C=O) groups is 2. The van der Waals surface area contributed by atoms with E-state index >= 15 is 0 Å². The van der Waals surface area contributed by atoms with Crippen LogP contribution in [0.3, 0.4) is 0 Å². The van der Waals surface area contributed by atoms with Crippen LogP contribution in [0.15, 0.2) is 122 Å². The van der Waals surface area contributed by atoms with Crippen LogP contribution in [0.5, 0.6) is 0 Å². The minimum Gasteiger partial charge on any atom is -0.462 e. The van der Waals surface area contributed by atoms with Crippen molar-refractivity contribution in [2.75, 3.05) is 47.5 Å². The molecule has 0 fully saturated rings. The van der Waals surface area contributed by atoms with Gasteiger partial charge in [-0.05, 0) is 109 Å². The Morgan fingerprint density at radius 3 is 0.867 bits per heavy atom. The summed E-state index contributed by atoms with van der Waals surface area (Å²) in [7, 11) is 1.48. The Balaban J connectivity index is 3.96. The van der Waals surface area contributed by atoms with Gasteiger partial charge in [-0.15, -0.1) is 0 Å². The number of hydrogen-bond acceptors (Lipinski definition) is 7. The monoisotopic (exact) mass is 1390 g/mol. The second kappa shape index (κ2) is 77.6. The molecule has 10 heteroatoms. The van der Waals surface area contributed by atoms with E-state index in [-0.39, 0.29) is 32.0 Å². The molecular weight excluding hydrogens is 1230 g/mol. The molecule has 0 aliphatic rings. The molecule has 0 rings (SSSR count). The molecule has 0 heterocycles. The van der Waals surface area contributed by atoms with Crippen molar-refractivity contribution >= 4 is 19.8 Å². The summed E-state index contributed by atoms with van der Waals surface area (Å²) in [6.07, 6.45) is 112. The van der Waals surface area contributed by atoms with Crippen LogP contribution < -0.4 is 0 Å². The zero-order valence-corrected chi connectivity index (χ0v) is 65.6. The number of rotatable bonds is 76. The lowest BCUT2D eigenvalue weighted by Crippen LogP contribution is -2.37. The number of ether oxygens (including phenoxy) is 2. The lowest BCUT2D eigenvalue weighted by molar-refractivity contribution is -0.870. The summed E-state index contributed by atoms with van der Waals surface area (Å²) in [4.78, 5) is 36.0. The fourth-order valence-corrected chi connectivity index (χ4v) is 12.5. The Hall–Kier alpha value is -3.59. The highest BCUT2D eigenvalue weighted by atomic mass is 31.2. The summed E-state index contributed by atoms with van der Waals surface area (Å²) in [5.74, 6) is -0.785. The molecule has 0 aliphatic heterocycles. The van der Waals surface area contributed by atoms with Gasteiger partial charge in [0.25, 0.3) is 0 Å². The average molecular weight is 1390 g/mol. The number of hydrogen-bond donors (Lipinski definition) is 1. The van der Waals surface area contributed by atoms with Crippen molar-refractivity contribution in [3.63, 3.8) is 0 Å². The average Bonchev–Trinajstić information content (AvgIpc) is 1.23. The van der Waals surface area contributed by atoms with Gasteiger partial charge in [-0.1, -0.05) is 373 Å². The van der Waals surface area contributed by atoms with E-state index in [1.807, 2.05) is 21.1 Å². The maximum Gasteiger partial charge on any atom is 0.472 e. The fourth-order valence-electron chi connectivity index (χ4n) is 11.7. The van der Waals surface area contributed by atoms with Gasteiger partial charge < -0.3 is 18.9 Å². The highest BCUT2D eigenvalue weighted by Crippen LogP contribution is 2.43. The highest BCUT2D eigenvalue weighted by Gasteiger charge is 2.27. The van der Waals surface area contributed by atoms with Gasteiger partial charge >= 0.3 is 19.8 Å². The minimum atomic E-state index is -4.40. The number of unbranched alkanes of at least 4 members (excludes halogenated alkanes) is 42. The second-order valence-corrected chi connectivity index (χ2v) is 30.2. The van der Waals surface area contributed by atoms with Crippen LogP contribution in [0.1, 0.15) is 373 Å². The lowest BCUT2D eigenvalue weighted by Gasteiger charge is -2.24. The van der Waals surface area contributed by atoms with Crippen molar-refractivity contribution < 1.29 is 42.1 Å². The molecule has 0 radical (unpaired) electrons. The molecule has 2 atom stereocenters. The van der Waals surface area contributed by atoms with Gasteiger partial charge in [0.1, 0.15) is 19.8 Å². The van der Waals surface area contributed by atoms with E-state index in [0.29, 0.717) is 17.4 Å². The fraction of sp³-hybridized carbons (Fsp3) is 0.750. The van der Waals surface area contributed by atoms with E-state index in [4.69, 9.17) is 18.5 Å². The third kappa shape index (κ3) is 81.4. The molecule has 0 aromatic carbocycles. The Morgan fingerprint density at radius 2 is 0.582 bits per heavy atom. The molecule has 0 spiro atoms. The first-order chi connectivity index (χ1) is 48.0. The van der Waals surface area contributed by atoms with Crippen LogP contribution in [-0.4, -0.2) is 74.9 Å². The summed E-state index contributed by atoms with van der Waals surface area (Å²) < 4.78 is 34.8. The standard InChI is InChI=1S/C88H156NO8P/c1-6-8-10-12-14-16-18-20-22-24-26-28-30-32-34-36-38-40-42-43-44-45-47-49-51-53-55-57-59-61-63-65-67-69-71-73-75-77-79-81-88(91)97-86(85-96-98(92,93)95-83-82-89(3,4)5)84-94-87(90)80-78-76-74-72-70-68-66-64-62-60-58-56-54-52-50-48-46-41-39-37-35-33-31-29-27-25-23-21-19-17-15-13-11-9-7-2/h8,10,14,16,19-22,25-28,32,34,38,40,43-44,47,49,86H,6-7,9,11-13,15,17-18,23-24,29-31,33,35-37,39,41-42,45-46,48,50-85H2,1-5H3/p+1/b10-8-,16-14-,21-19-,22-20-,27-25-,28-26-,34-32-,40-38-,44-43-,49-47-. The summed E-state index contributed by atoms with van der Waals surface area (Å²) in [6.45, 7) is 4.35. The van der Waals surface area contributed by atoms with E-state index < -0.39 is 26.5 Å². The van der Waals surface area contributed by atoms with Crippen molar-refractivity contribution in [3.05, 3.63) is 122 Å². The van der Waals surface area contributed by atoms with Crippen molar-refractivity contribution in [3.8, 4) is 0 Å². The molecule has 98 heavy (non-hydrogen) atoms. The van der Waals surface area contributed by atoms with Crippen LogP contribution in [0.2, 0.25) is 0 Å². The topological polar surface area (TPSA) is 108 Å². The molecule has 0 saturated heterocycles. The van der Waals surface area contributed by atoms with Gasteiger partial charge in [0, 0.05) is 12.8 Å². The molecule has 1 N–H and O–H groups in total. The summed E-state index contributed by atoms with van der Waals surface area (Å²) in [5.41, 5.74) is 0. The number of likely N-dealkylation sites (N-methyl/N-ethyl adjacent to an activating group) is 1. The first kappa shape index (κ1) is 94.4. The molecular formula is C88H157NO8P+. The number of quaternary nitrogens is 1. The van der Waals surface area contributed by atoms with Gasteiger partial charge in [-0.3, -0.25) is 18.6 Å². The van der Waals surface area contributed by atoms with Crippen molar-refractivity contribution in [2.45, 2.75) is 380 Å². The molecule has 2 unspecified atom stereocenters. The molecule has 0 aliphatic carbocycles. The first-order valence-corrected chi connectivity index (χ1v) is 42.8. The zero-order valence-electron chi connectivity index (χ0n) is 64.8. The quantitative estimate of drug-likeness (QED) is 0.0211. The maximum atomic E-state index is 12.9. The van der Waals surface area contributed by atoms with Crippen molar-refractivity contribution in [2.24, 2.45) is 0 Å². The third-order valence-electron chi connectivity index (χ3n) is 18.0. The second-order valence-electron chi connectivity index (χ2n) is 28.8. The predicted molar refractivity (Wildman–Crippen MR) is 427 cm³/mol. The third-order valence-corrected chi connectivity index (χ3v) is 19.0. The number of phosphoric acid groups is 1. The van der Waals surface area contributed by atoms with Gasteiger partial charge in [0.2, 0.25) is 0 Å². The molecule has 0 amide bonds. The minimum absolute atomic E-state index is 0.0296.